The lowest BCUT2D eigenvalue weighted by molar-refractivity contribution is -0.125. The third-order valence-electron chi connectivity index (χ3n) is 2.57. The fraction of sp³-hybridized carbons (Fsp3) is 0.700. The van der Waals surface area contributed by atoms with Crippen molar-refractivity contribution in [1.82, 2.24) is 10.2 Å². The topological polar surface area (TPSA) is 32.3 Å². The molecule has 1 N–H and O–H groups in total. The van der Waals surface area contributed by atoms with Gasteiger partial charge in [-0.2, -0.15) is 0 Å². The van der Waals surface area contributed by atoms with Gasteiger partial charge in [0.05, 0.1) is 0 Å². The van der Waals surface area contributed by atoms with Gasteiger partial charge in [0.2, 0.25) is 5.91 Å². The summed E-state index contributed by atoms with van der Waals surface area (Å²) in [7, 11) is 1.96. The van der Waals surface area contributed by atoms with E-state index in [2.05, 4.69) is 11.9 Å². The summed E-state index contributed by atoms with van der Waals surface area (Å²) < 4.78 is 0. The van der Waals surface area contributed by atoms with Crippen LogP contribution in [0.2, 0.25) is 0 Å². The van der Waals surface area contributed by atoms with Crippen LogP contribution in [0.1, 0.15) is 12.8 Å². The molecule has 1 saturated heterocycles. The van der Waals surface area contributed by atoms with Gasteiger partial charge in [0.15, 0.2) is 0 Å². The van der Waals surface area contributed by atoms with Crippen molar-refractivity contribution in [2.75, 3.05) is 26.7 Å². The second-order valence-corrected chi connectivity index (χ2v) is 3.54. The molecule has 0 aromatic carbocycles. The molecule has 1 amide bonds. The quantitative estimate of drug-likeness (QED) is 0.647. The van der Waals surface area contributed by atoms with E-state index < -0.39 is 0 Å². The van der Waals surface area contributed by atoms with Crippen LogP contribution in [-0.4, -0.2) is 37.5 Å². The van der Waals surface area contributed by atoms with Crippen molar-refractivity contribution in [2.24, 2.45) is 5.92 Å². The van der Waals surface area contributed by atoms with Gasteiger partial charge in [-0.3, -0.25) is 4.79 Å². The first-order valence-corrected chi connectivity index (χ1v) is 4.84. The summed E-state index contributed by atoms with van der Waals surface area (Å²) in [5.74, 6) is 0.753. The van der Waals surface area contributed by atoms with Crippen LogP contribution in [0, 0.1) is 5.92 Å². The van der Waals surface area contributed by atoms with Crippen LogP contribution in [0.15, 0.2) is 12.7 Å². The highest BCUT2D eigenvalue weighted by Gasteiger charge is 2.23. The van der Waals surface area contributed by atoms with Gasteiger partial charge in [-0.15, -0.1) is 0 Å². The summed E-state index contributed by atoms with van der Waals surface area (Å²) in [6.07, 6.45) is 3.71. The van der Waals surface area contributed by atoms with Crippen LogP contribution in [-0.2, 0) is 4.79 Å². The van der Waals surface area contributed by atoms with Crippen LogP contribution in [0.25, 0.3) is 0 Å². The summed E-state index contributed by atoms with van der Waals surface area (Å²) in [5.41, 5.74) is 0. The molecule has 1 aliphatic rings. The normalized spacial score (nSPS) is 21.9. The molecule has 3 heteroatoms. The minimum Gasteiger partial charge on any atom is -0.339 e. The molecule has 1 atom stereocenters. The zero-order valence-electron chi connectivity index (χ0n) is 8.25. The fourth-order valence-electron chi connectivity index (χ4n) is 1.75. The van der Waals surface area contributed by atoms with E-state index in [1.54, 1.807) is 0 Å². The molecule has 74 valence electrons. The first kappa shape index (κ1) is 10.3. The van der Waals surface area contributed by atoms with E-state index in [0.717, 1.165) is 32.5 Å². The molecule has 0 bridgehead atoms. The Morgan fingerprint density at radius 1 is 1.77 bits per heavy atom. The van der Waals surface area contributed by atoms with Crippen molar-refractivity contribution in [3.63, 3.8) is 0 Å². The number of likely N-dealkylation sites (tertiary alicyclic amines) is 1. The fourth-order valence-corrected chi connectivity index (χ4v) is 1.75. The highest BCUT2D eigenvalue weighted by atomic mass is 16.2. The van der Waals surface area contributed by atoms with Crippen LogP contribution in [0.3, 0.4) is 0 Å². The molecule has 0 aromatic rings. The Labute approximate surface area is 79.8 Å². The predicted octanol–water partition coefficient (Wildman–Crippen LogP) is 0.630. The minimum absolute atomic E-state index is 0.0759. The largest absolute Gasteiger partial charge is 0.339 e. The summed E-state index contributed by atoms with van der Waals surface area (Å²) in [4.78, 5) is 13.1. The molecular weight excluding hydrogens is 164 g/mol. The van der Waals surface area contributed by atoms with Crippen molar-refractivity contribution in [3.05, 3.63) is 12.7 Å². The Balaban J connectivity index is 2.27. The number of amides is 1. The highest BCUT2D eigenvalue weighted by Crippen LogP contribution is 2.18. The van der Waals surface area contributed by atoms with E-state index in [1.165, 1.54) is 6.08 Å². The number of nitrogens with zero attached hydrogens (tertiary/aromatic N) is 1. The van der Waals surface area contributed by atoms with E-state index in [0.29, 0.717) is 5.92 Å². The maximum absolute atomic E-state index is 11.2. The summed E-state index contributed by atoms with van der Waals surface area (Å²) >= 11 is 0. The lowest BCUT2D eigenvalue weighted by atomic mass is 10.1. The van der Waals surface area contributed by atoms with E-state index >= 15 is 0 Å². The molecule has 0 aromatic heterocycles. The van der Waals surface area contributed by atoms with E-state index in [4.69, 9.17) is 0 Å². The first-order valence-electron chi connectivity index (χ1n) is 4.84. The van der Waals surface area contributed by atoms with Gasteiger partial charge in [0, 0.05) is 13.1 Å². The minimum atomic E-state index is 0.0759. The molecule has 0 aliphatic carbocycles. The number of hydrogen-bond donors (Lipinski definition) is 1. The third-order valence-corrected chi connectivity index (χ3v) is 2.57. The molecular formula is C10H18N2O. The van der Waals surface area contributed by atoms with Gasteiger partial charge in [-0.25, -0.2) is 0 Å². The molecule has 0 spiro atoms. The second-order valence-electron chi connectivity index (χ2n) is 3.54. The lowest BCUT2D eigenvalue weighted by Gasteiger charge is -2.13. The zero-order valence-corrected chi connectivity index (χ0v) is 8.25. The van der Waals surface area contributed by atoms with E-state index in [9.17, 15) is 4.79 Å². The predicted molar refractivity (Wildman–Crippen MR) is 53.4 cm³/mol. The van der Waals surface area contributed by atoms with Gasteiger partial charge >= 0.3 is 0 Å². The van der Waals surface area contributed by atoms with Crippen LogP contribution < -0.4 is 5.32 Å². The number of hydrogen-bond acceptors (Lipinski definition) is 2. The van der Waals surface area contributed by atoms with Crippen LogP contribution in [0.4, 0.5) is 0 Å². The standard InChI is InChI=1S/C10H18N2O/c1-3-10(13)12-7-5-9(8-12)4-6-11-2/h3,9,11H,1,4-8H2,2H3. The number of rotatable bonds is 4. The van der Waals surface area contributed by atoms with Gasteiger partial charge in [0.25, 0.3) is 0 Å². The molecule has 0 radical (unpaired) electrons. The lowest BCUT2D eigenvalue weighted by Crippen LogP contribution is -2.27. The van der Waals surface area contributed by atoms with E-state index in [-0.39, 0.29) is 5.91 Å². The number of nitrogens with one attached hydrogen (secondary N) is 1. The van der Waals surface area contributed by atoms with Gasteiger partial charge < -0.3 is 10.2 Å². The second kappa shape index (κ2) is 5.02. The zero-order chi connectivity index (χ0) is 9.68. The van der Waals surface area contributed by atoms with Gasteiger partial charge in [-0.1, -0.05) is 6.58 Å². The monoisotopic (exact) mass is 182 g/mol. The summed E-state index contributed by atoms with van der Waals surface area (Å²) in [6, 6.07) is 0. The molecule has 1 unspecified atom stereocenters. The molecule has 3 nitrogen and oxygen atoms in total. The third kappa shape index (κ3) is 2.84. The van der Waals surface area contributed by atoms with Crippen LogP contribution >= 0.6 is 0 Å². The maximum Gasteiger partial charge on any atom is 0.245 e. The molecule has 1 rings (SSSR count). The number of carbonyl (C=O) groups is 1. The molecule has 1 heterocycles. The molecule has 0 saturated carbocycles. The Kier molecular flexibility index (Phi) is 3.96. The van der Waals surface area contributed by atoms with Crippen molar-refractivity contribution in [2.45, 2.75) is 12.8 Å². The summed E-state index contributed by atoms with van der Waals surface area (Å²) in [5, 5.41) is 3.13. The first-order chi connectivity index (χ1) is 6.27. The van der Waals surface area contributed by atoms with Crippen molar-refractivity contribution in [1.29, 1.82) is 0 Å². The average Bonchev–Trinajstić information content (AvgIpc) is 2.62. The Morgan fingerprint density at radius 3 is 3.15 bits per heavy atom. The smallest absolute Gasteiger partial charge is 0.245 e. The van der Waals surface area contributed by atoms with Crippen molar-refractivity contribution in [3.8, 4) is 0 Å². The van der Waals surface area contributed by atoms with Crippen molar-refractivity contribution < 1.29 is 4.79 Å². The van der Waals surface area contributed by atoms with Gasteiger partial charge in [0.1, 0.15) is 0 Å². The van der Waals surface area contributed by atoms with Crippen LogP contribution in [0.5, 0.6) is 0 Å². The summed E-state index contributed by atoms with van der Waals surface area (Å²) in [6.45, 7) is 6.34. The Hall–Kier alpha value is -0.830. The molecule has 13 heavy (non-hydrogen) atoms. The molecule has 1 fully saturated rings. The van der Waals surface area contributed by atoms with E-state index in [1.807, 2.05) is 11.9 Å². The number of carbonyl (C=O) groups excluding carboxylic acids is 1. The van der Waals surface area contributed by atoms with Gasteiger partial charge in [-0.05, 0) is 38.4 Å². The average molecular weight is 182 g/mol. The Bertz CT molecular complexity index is 191. The molecule has 1 aliphatic heterocycles. The highest BCUT2D eigenvalue weighted by molar-refractivity contribution is 5.87. The maximum atomic E-state index is 11.2. The van der Waals surface area contributed by atoms with Crippen molar-refractivity contribution >= 4 is 5.91 Å². The Morgan fingerprint density at radius 2 is 2.54 bits per heavy atom. The SMILES string of the molecule is C=CC(=O)N1CCC(CCNC)C1.